The summed E-state index contributed by atoms with van der Waals surface area (Å²) in [6.07, 6.45) is 0. The van der Waals surface area contributed by atoms with E-state index < -0.39 is 11.9 Å². The Labute approximate surface area is 156 Å². The van der Waals surface area contributed by atoms with Gasteiger partial charge in [-0.1, -0.05) is 41.5 Å². The second-order valence-corrected chi connectivity index (χ2v) is 6.12. The second-order valence-electron chi connectivity index (χ2n) is 6.12. The normalized spacial score (nSPS) is 10.3. The molecule has 0 aliphatic heterocycles. The molecule has 0 saturated heterocycles. The van der Waals surface area contributed by atoms with E-state index >= 15 is 0 Å². The van der Waals surface area contributed by atoms with Crippen molar-refractivity contribution in [2.45, 2.75) is 13.8 Å². The molecule has 136 valence electrons. The molecule has 0 spiro atoms. The van der Waals surface area contributed by atoms with Crippen LogP contribution in [0.25, 0.3) is 0 Å². The second kappa shape index (κ2) is 7.74. The van der Waals surface area contributed by atoms with Crippen molar-refractivity contribution in [2.24, 2.45) is 0 Å². The van der Waals surface area contributed by atoms with E-state index in [0.29, 0.717) is 11.1 Å². The van der Waals surface area contributed by atoms with Crippen LogP contribution in [0.3, 0.4) is 0 Å². The smallest absolute Gasteiger partial charge is 0.343 e. The monoisotopic (exact) mass is 362 g/mol. The highest BCUT2D eigenvalue weighted by Gasteiger charge is 2.19. The van der Waals surface area contributed by atoms with Crippen LogP contribution in [0.1, 0.15) is 31.8 Å². The molecule has 3 aromatic carbocycles. The van der Waals surface area contributed by atoms with E-state index in [1.54, 1.807) is 48.5 Å². The molecule has 0 atom stereocenters. The van der Waals surface area contributed by atoms with Crippen LogP contribution < -0.4 is 9.47 Å². The lowest BCUT2D eigenvalue weighted by Gasteiger charge is -2.12. The first-order chi connectivity index (χ1) is 12.9. The molecule has 0 heterocycles. The number of ether oxygens (including phenoxy) is 2. The van der Waals surface area contributed by atoms with E-state index in [9.17, 15) is 14.7 Å². The molecule has 0 radical (unpaired) electrons. The lowest BCUT2D eigenvalue weighted by Crippen LogP contribution is -2.12. The Balaban J connectivity index is 1.83. The summed E-state index contributed by atoms with van der Waals surface area (Å²) in [7, 11) is 0. The molecule has 0 aromatic heterocycles. The van der Waals surface area contributed by atoms with Crippen LogP contribution in [0.4, 0.5) is 0 Å². The van der Waals surface area contributed by atoms with Crippen molar-refractivity contribution in [3.8, 4) is 17.2 Å². The van der Waals surface area contributed by atoms with Crippen LogP contribution in [0.2, 0.25) is 0 Å². The molecule has 1 N–H and O–H groups in total. The van der Waals surface area contributed by atoms with Crippen LogP contribution in [-0.4, -0.2) is 17.0 Å². The molecular formula is C22H18O5. The molecule has 27 heavy (non-hydrogen) atoms. The number of aryl methyl sites for hydroxylation is 2. The number of esters is 2. The molecule has 3 rings (SSSR count). The highest BCUT2D eigenvalue weighted by atomic mass is 16.6. The third-order valence-electron chi connectivity index (χ3n) is 3.93. The predicted octanol–water partition coefficient (Wildman–Crippen LogP) is 4.45. The molecule has 5 nitrogen and oxygen atoms in total. The van der Waals surface area contributed by atoms with Crippen LogP contribution in [0, 0.1) is 13.8 Å². The van der Waals surface area contributed by atoms with E-state index in [-0.39, 0.29) is 17.2 Å². The first-order valence-corrected chi connectivity index (χ1v) is 8.34. The van der Waals surface area contributed by atoms with Gasteiger partial charge in [-0.3, -0.25) is 0 Å². The average Bonchev–Trinajstić information content (AvgIpc) is 2.65. The first kappa shape index (κ1) is 18.2. The number of hydrogen-bond acceptors (Lipinski definition) is 5. The Morgan fingerprint density at radius 1 is 0.704 bits per heavy atom. The fourth-order valence-corrected chi connectivity index (χ4v) is 2.38. The van der Waals surface area contributed by atoms with Gasteiger partial charge in [-0.2, -0.15) is 0 Å². The number of para-hydroxylation sites is 1. The maximum absolute atomic E-state index is 12.3. The van der Waals surface area contributed by atoms with Crippen molar-refractivity contribution in [2.75, 3.05) is 0 Å². The van der Waals surface area contributed by atoms with Gasteiger partial charge in [0.2, 0.25) is 5.75 Å². The lowest BCUT2D eigenvalue weighted by molar-refractivity contribution is 0.0678. The standard InChI is InChI=1S/C22H18O5/c1-14-6-10-16(11-7-14)21(24)26-19-5-3-4-18(23)20(19)27-22(25)17-12-8-15(2)9-13-17/h3-13,23H,1-2H3. The van der Waals surface area contributed by atoms with Gasteiger partial charge in [0, 0.05) is 0 Å². The Kier molecular flexibility index (Phi) is 5.22. The highest BCUT2D eigenvalue weighted by molar-refractivity contribution is 5.93. The molecule has 0 aliphatic carbocycles. The minimum absolute atomic E-state index is 0.0407. The van der Waals surface area contributed by atoms with E-state index in [1.165, 1.54) is 18.2 Å². The Morgan fingerprint density at radius 2 is 1.19 bits per heavy atom. The van der Waals surface area contributed by atoms with E-state index in [1.807, 2.05) is 13.8 Å². The zero-order valence-electron chi connectivity index (χ0n) is 14.9. The molecular weight excluding hydrogens is 344 g/mol. The zero-order valence-corrected chi connectivity index (χ0v) is 14.9. The average molecular weight is 362 g/mol. The van der Waals surface area contributed by atoms with Crippen LogP contribution >= 0.6 is 0 Å². The fourth-order valence-electron chi connectivity index (χ4n) is 2.38. The van der Waals surface area contributed by atoms with Gasteiger partial charge in [-0.15, -0.1) is 0 Å². The topological polar surface area (TPSA) is 72.8 Å². The summed E-state index contributed by atoms with van der Waals surface area (Å²) < 4.78 is 10.6. The van der Waals surface area contributed by atoms with Gasteiger partial charge < -0.3 is 14.6 Å². The van der Waals surface area contributed by atoms with E-state index in [0.717, 1.165) is 11.1 Å². The number of aromatic hydroxyl groups is 1. The summed E-state index contributed by atoms with van der Waals surface area (Å²) in [6, 6.07) is 17.9. The fraction of sp³-hybridized carbons (Fsp3) is 0.0909. The number of benzene rings is 3. The van der Waals surface area contributed by atoms with Crippen molar-refractivity contribution < 1.29 is 24.2 Å². The molecule has 0 bridgehead atoms. The van der Waals surface area contributed by atoms with Gasteiger partial charge in [0.15, 0.2) is 11.5 Å². The first-order valence-electron chi connectivity index (χ1n) is 8.34. The van der Waals surface area contributed by atoms with Crippen molar-refractivity contribution in [1.29, 1.82) is 0 Å². The molecule has 0 fully saturated rings. The van der Waals surface area contributed by atoms with Crippen molar-refractivity contribution >= 4 is 11.9 Å². The van der Waals surface area contributed by atoms with E-state index in [2.05, 4.69) is 0 Å². The van der Waals surface area contributed by atoms with Gasteiger partial charge in [0.25, 0.3) is 0 Å². The molecule has 0 unspecified atom stereocenters. The molecule has 0 amide bonds. The predicted molar refractivity (Wildman–Crippen MR) is 100 cm³/mol. The summed E-state index contributed by atoms with van der Waals surface area (Å²) >= 11 is 0. The van der Waals surface area contributed by atoms with Crippen molar-refractivity contribution in [1.82, 2.24) is 0 Å². The largest absolute Gasteiger partial charge is 0.504 e. The zero-order chi connectivity index (χ0) is 19.4. The van der Waals surface area contributed by atoms with Crippen LogP contribution in [0.5, 0.6) is 17.2 Å². The maximum atomic E-state index is 12.3. The number of phenolic OH excluding ortho intramolecular Hbond substituents is 1. The summed E-state index contributed by atoms with van der Waals surface area (Å²) in [4.78, 5) is 24.7. The molecule has 0 aliphatic rings. The summed E-state index contributed by atoms with van der Waals surface area (Å²) in [6.45, 7) is 3.81. The van der Waals surface area contributed by atoms with E-state index in [4.69, 9.17) is 9.47 Å². The van der Waals surface area contributed by atoms with Gasteiger partial charge in [-0.25, -0.2) is 9.59 Å². The lowest BCUT2D eigenvalue weighted by atomic mass is 10.1. The summed E-state index contributed by atoms with van der Waals surface area (Å²) in [5, 5.41) is 10.1. The molecule has 0 saturated carbocycles. The van der Waals surface area contributed by atoms with Gasteiger partial charge in [0.1, 0.15) is 0 Å². The quantitative estimate of drug-likeness (QED) is 0.548. The maximum Gasteiger partial charge on any atom is 0.343 e. The molecule has 5 heteroatoms. The minimum Gasteiger partial charge on any atom is -0.504 e. The van der Waals surface area contributed by atoms with Gasteiger partial charge in [0.05, 0.1) is 11.1 Å². The van der Waals surface area contributed by atoms with Crippen molar-refractivity contribution in [3.05, 3.63) is 89.0 Å². The van der Waals surface area contributed by atoms with Crippen molar-refractivity contribution in [3.63, 3.8) is 0 Å². The van der Waals surface area contributed by atoms with Crippen LogP contribution in [-0.2, 0) is 0 Å². The Hall–Kier alpha value is -3.60. The number of carbonyl (C=O) groups is 2. The third kappa shape index (κ3) is 4.33. The van der Waals surface area contributed by atoms with Gasteiger partial charge in [-0.05, 0) is 50.2 Å². The van der Waals surface area contributed by atoms with Gasteiger partial charge >= 0.3 is 11.9 Å². The molecule has 3 aromatic rings. The SMILES string of the molecule is Cc1ccc(C(=O)Oc2cccc(O)c2OC(=O)c2ccc(C)cc2)cc1. The highest BCUT2D eigenvalue weighted by Crippen LogP contribution is 2.37. The van der Waals surface area contributed by atoms with Crippen LogP contribution in [0.15, 0.2) is 66.7 Å². The minimum atomic E-state index is -0.663. The number of hydrogen-bond donors (Lipinski definition) is 1. The Morgan fingerprint density at radius 3 is 1.70 bits per heavy atom. The number of carbonyl (C=O) groups excluding carboxylic acids is 2. The third-order valence-corrected chi connectivity index (χ3v) is 3.93. The Bertz CT molecular complexity index is 973. The summed E-state index contributed by atoms with van der Waals surface area (Å²) in [5.41, 5.74) is 2.68. The number of phenols is 1. The number of rotatable bonds is 4. The summed E-state index contributed by atoms with van der Waals surface area (Å²) in [5.74, 6) is -1.83.